The molecule has 11 nitrogen and oxygen atoms in total. The number of fused-ring (bicyclic) bond motifs is 1. The molecule has 4 aromatic heterocycles. The molecule has 0 aliphatic carbocycles. The molecule has 4 aromatic rings. The predicted octanol–water partition coefficient (Wildman–Crippen LogP) is 3.12. The van der Waals surface area contributed by atoms with E-state index in [4.69, 9.17) is 9.72 Å². The maximum Gasteiger partial charge on any atom is 0.248 e. The molecule has 1 aliphatic rings. The normalized spacial score (nSPS) is 13.8. The van der Waals surface area contributed by atoms with Gasteiger partial charge in [-0.2, -0.15) is 0 Å². The van der Waals surface area contributed by atoms with Crippen molar-refractivity contribution in [1.29, 1.82) is 0 Å². The fourth-order valence-corrected chi connectivity index (χ4v) is 3.96. The molecular formula is C27H29N9O2. The molecule has 1 fully saturated rings. The van der Waals surface area contributed by atoms with Gasteiger partial charge in [0.2, 0.25) is 11.9 Å². The zero-order valence-corrected chi connectivity index (χ0v) is 21.3. The largest absolute Gasteiger partial charge is 0.378 e. The number of amides is 1. The van der Waals surface area contributed by atoms with Gasteiger partial charge in [0.25, 0.3) is 0 Å². The van der Waals surface area contributed by atoms with Crippen LogP contribution in [0.1, 0.15) is 0 Å². The number of aromatic nitrogens is 5. The molecule has 0 unspecified atom stereocenters. The standard InChI is InChI=1S/C27H29N9O2/c1-35(2)11-3-4-24(37)32-20-8-10-28-22(16-20)26-25-19(7-9-29-26)17-31-27(34-25)33-21-5-6-23(30-18-21)36-12-14-38-15-13-36/h3-10,16-18H,11-15H2,1-2H3,(H,28,32,37)(H,31,33,34)/b4-3+. The summed E-state index contributed by atoms with van der Waals surface area (Å²) in [4.78, 5) is 39.2. The van der Waals surface area contributed by atoms with Crippen molar-refractivity contribution in [3.05, 3.63) is 67.3 Å². The van der Waals surface area contributed by atoms with Crippen molar-refractivity contribution in [2.45, 2.75) is 0 Å². The van der Waals surface area contributed by atoms with Crippen LogP contribution in [0.25, 0.3) is 22.3 Å². The van der Waals surface area contributed by atoms with Crippen LogP contribution in [0.4, 0.5) is 23.1 Å². The van der Waals surface area contributed by atoms with E-state index in [1.54, 1.807) is 43.0 Å². The molecule has 0 aromatic carbocycles. The minimum Gasteiger partial charge on any atom is -0.378 e. The Bertz CT molecular complexity index is 1430. The number of nitrogens with one attached hydrogen (secondary N) is 2. The van der Waals surface area contributed by atoms with E-state index in [-0.39, 0.29) is 5.91 Å². The van der Waals surface area contributed by atoms with Crippen LogP contribution in [0.3, 0.4) is 0 Å². The van der Waals surface area contributed by atoms with Gasteiger partial charge < -0.3 is 25.2 Å². The molecule has 11 heteroatoms. The summed E-state index contributed by atoms with van der Waals surface area (Å²) in [7, 11) is 3.89. The van der Waals surface area contributed by atoms with Crippen molar-refractivity contribution in [1.82, 2.24) is 29.8 Å². The highest BCUT2D eigenvalue weighted by molar-refractivity contribution is 6.00. The van der Waals surface area contributed by atoms with Crippen LogP contribution in [0, 0.1) is 0 Å². The van der Waals surface area contributed by atoms with Crippen molar-refractivity contribution in [3.8, 4) is 11.4 Å². The molecule has 5 rings (SSSR count). The molecular weight excluding hydrogens is 482 g/mol. The number of hydrogen-bond acceptors (Lipinski definition) is 10. The summed E-state index contributed by atoms with van der Waals surface area (Å²) in [6.07, 6.45) is 10.2. The topological polar surface area (TPSA) is 121 Å². The maximum absolute atomic E-state index is 12.3. The van der Waals surface area contributed by atoms with Gasteiger partial charge in [-0.3, -0.25) is 14.8 Å². The molecule has 5 heterocycles. The van der Waals surface area contributed by atoms with E-state index in [2.05, 4.69) is 35.5 Å². The molecule has 1 saturated heterocycles. The summed E-state index contributed by atoms with van der Waals surface area (Å²) in [5.74, 6) is 1.12. The lowest BCUT2D eigenvalue weighted by molar-refractivity contribution is -0.111. The lowest BCUT2D eigenvalue weighted by atomic mass is 10.1. The molecule has 0 atom stereocenters. The van der Waals surface area contributed by atoms with Gasteiger partial charge in [-0.15, -0.1) is 0 Å². The average molecular weight is 512 g/mol. The number of pyridine rings is 3. The second kappa shape index (κ2) is 11.7. The van der Waals surface area contributed by atoms with Gasteiger partial charge >= 0.3 is 0 Å². The third kappa shape index (κ3) is 6.25. The molecule has 0 spiro atoms. The SMILES string of the molecule is CN(C)C/C=C/C(=O)Nc1ccnc(-c2nccc3cnc(Nc4ccc(N5CCOCC5)nc4)nc23)c1. The number of carbonyl (C=O) groups is 1. The second-order valence-corrected chi connectivity index (χ2v) is 9.00. The maximum atomic E-state index is 12.3. The van der Waals surface area contributed by atoms with E-state index in [0.29, 0.717) is 48.3 Å². The first-order valence-electron chi connectivity index (χ1n) is 12.3. The predicted molar refractivity (Wildman–Crippen MR) is 147 cm³/mol. The van der Waals surface area contributed by atoms with Crippen LogP contribution in [0.2, 0.25) is 0 Å². The van der Waals surface area contributed by atoms with Gasteiger partial charge in [0.05, 0.1) is 30.8 Å². The van der Waals surface area contributed by atoms with Crippen molar-refractivity contribution < 1.29 is 9.53 Å². The van der Waals surface area contributed by atoms with E-state index in [1.165, 1.54) is 6.08 Å². The van der Waals surface area contributed by atoms with Crippen molar-refractivity contribution >= 4 is 40.0 Å². The first kappa shape index (κ1) is 25.2. The van der Waals surface area contributed by atoms with Gasteiger partial charge in [-0.1, -0.05) is 6.08 Å². The number of anilines is 4. The van der Waals surface area contributed by atoms with E-state index in [9.17, 15) is 4.79 Å². The van der Waals surface area contributed by atoms with Crippen LogP contribution < -0.4 is 15.5 Å². The third-order valence-corrected chi connectivity index (χ3v) is 5.85. The summed E-state index contributed by atoms with van der Waals surface area (Å²) < 4.78 is 5.41. The molecule has 1 amide bonds. The summed E-state index contributed by atoms with van der Waals surface area (Å²) in [5.41, 5.74) is 3.22. The monoisotopic (exact) mass is 511 g/mol. The van der Waals surface area contributed by atoms with E-state index < -0.39 is 0 Å². The van der Waals surface area contributed by atoms with Crippen LogP contribution >= 0.6 is 0 Å². The Morgan fingerprint density at radius 2 is 1.87 bits per heavy atom. The van der Waals surface area contributed by atoms with Gasteiger partial charge in [0.15, 0.2) is 0 Å². The van der Waals surface area contributed by atoms with Gasteiger partial charge in [0.1, 0.15) is 17.0 Å². The fraction of sp³-hybridized carbons (Fsp3) is 0.259. The molecule has 0 bridgehead atoms. The van der Waals surface area contributed by atoms with Crippen LogP contribution in [0.5, 0.6) is 0 Å². The number of likely N-dealkylation sites (N-methyl/N-ethyl adjacent to an activating group) is 1. The first-order chi connectivity index (χ1) is 18.5. The van der Waals surface area contributed by atoms with Gasteiger partial charge in [-0.05, 0) is 44.4 Å². The summed E-state index contributed by atoms with van der Waals surface area (Å²) >= 11 is 0. The Balaban J connectivity index is 1.35. The Morgan fingerprint density at radius 1 is 1.03 bits per heavy atom. The fourth-order valence-electron chi connectivity index (χ4n) is 3.96. The Hall–Kier alpha value is -4.48. The zero-order chi connectivity index (χ0) is 26.3. The third-order valence-electron chi connectivity index (χ3n) is 5.85. The molecule has 0 radical (unpaired) electrons. The highest BCUT2D eigenvalue weighted by Crippen LogP contribution is 2.26. The molecule has 2 N–H and O–H groups in total. The van der Waals surface area contributed by atoms with E-state index in [0.717, 1.165) is 30.0 Å². The smallest absolute Gasteiger partial charge is 0.248 e. The highest BCUT2D eigenvalue weighted by atomic mass is 16.5. The molecule has 1 aliphatic heterocycles. The summed E-state index contributed by atoms with van der Waals surface area (Å²) in [6, 6.07) is 9.30. The van der Waals surface area contributed by atoms with Crippen molar-refractivity contribution in [2.24, 2.45) is 0 Å². The average Bonchev–Trinajstić information content (AvgIpc) is 2.93. The van der Waals surface area contributed by atoms with Gasteiger partial charge in [0, 0.05) is 55.4 Å². The molecule has 194 valence electrons. The lowest BCUT2D eigenvalue weighted by Crippen LogP contribution is -2.36. The Labute approximate surface area is 220 Å². The number of carbonyl (C=O) groups excluding carboxylic acids is 1. The number of ether oxygens (including phenoxy) is 1. The Kier molecular flexibility index (Phi) is 7.76. The van der Waals surface area contributed by atoms with E-state index >= 15 is 0 Å². The minimum atomic E-state index is -0.211. The molecule has 38 heavy (non-hydrogen) atoms. The number of nitrogens with zero attached hydrogens (tertiary/aromatic N) is 7. The number of rotatable bonds is 8. The molecule has 0 saturated carbocycles. The van der Waals surface area contributed by atoms with Crippen LogP contribution in [-0.2, 0) is 9.53 Å². The summed E-state index contributed by atoms with van der Waals surface area (Å²) in [6.45, 7) is 3.76. The zero-order valence-electron chi connectivity index (χ0n) is 21.3. The Morgan fingerprint density at radius 3 is 2.66 bits per heavy atom. The highest BCUT2D eigenvalue weighted by Gasteiger charge is 2.14. The van der Waals surface area contributed by atoms with Gasteiger partial charge in [-0.25, -0.2) is 15.0 Å². The summed E-state index contributed by atoms with van der Waals surface area (Å²) in [5, 5.41) is 6.92. The van der Waals surface area contributed by atoms with Crippen LogP contribution in [0.15, 0.2) is 67.3 Å². The quantitative estimate of drug-likeness (QED) is 0.341. The second-order valence-electron chi connectivity index (χ2n) is 9.00. The van der Waals surface area contributed by atoms with Crippen LogP contribution in [-0.4, -0.2) is 82.7 Å². The first-order valence-corrected chi connectivity index (χ1v) is 12.3. The van der Waals surface area contributed by atoms with E-state index in [1.807, 2.05) is 37.2 Å². The number of morpholine rings is 1. The minimum absolute atomic E-state index is 0.211. The van der Waals surface area contributed by atoms with Crippen molar-refractivity contribution in [2.75, 3.05) is 62.5 Å². The lowest BCUT2D eigenvalue weighted by Gasteiger charge is -2.27. The number of hydrogen-bond donors (Lipinski definition) is 2. The van der Waals surface area contributed by atoms with Crippen molar-refractivity contribution in [3.63, 3.8) is 0 Å².